The Morgan fingerprint density at radius 3 is 2.48 bits per heavy atom. The first-order valence-corrected chi connectivity index (χ1v) is 8.64. The molecule has 1 aromatic carbocycles. The first-order chi connectivity index (χ1) is 12.1. The molecule has 2 saturated heterocycles. The molecule has 6 nitrogen and oxygen atoms in total. The quantitative estimate of drug-likeness (QED) is 0.865. The number of piperazine rings is 1. The molecular weight excluding hydrogens is 323 g/mol. The lowest BCUT2D eigenvalue weighted by molar-refractivity contribution is -0.134. The maximum atomic E-state index is 13.1. The number of hydrogen-bond acceptors (Lipinski definition) is 5. The molecule has 0 aliphatic carbocycles. The largest absolute Gasteiger partial charge is 0.392 e. The predicted octanol–water partition coefficient (Wildman–Crippen LogP) is 0.601. The Morgan fingerprint density at radius 1 is 1.24 bits per heavy atom. The van der Waals surface area contributed by atoms with Crippen molar-refractivity contribution in [1.29, 1.82) is 5.26 Å². The average Bonchev–Trinajstić information content (AvgIpc) is 3.02. The molecule has 3 rings (SSSR count). The van der Waals surface area contributed by atoms with E-state index in [1.54, 1.807) is 12.1 Å². The van der Waals surface area contributed by atoms with Gasteiger partial charge in [-0.25, -0.2) is 4.39 Å². The van der Waals surface area contributed by atoms with E-state index in [0.717, 1.165) is 18.5 Å². The lowest BCUT2D eigenvalue weighted by Crippen LogP contribution is -2.51. The fourth-order valence-corrected chi connectivity index (χ4v) is 3.49. The molecule has 2 atom stereocenters. The molecule has 25 heavy (non-hydrogen) atoms. The highest BCUT2D eigenvalue weighted by molar-refractivity contribution is 5.78. The van der Waals surface area contributed by atoms with E-state index < -0.39 is 6.04 Å². The Bertz CT molecular complexity index is 637. The number of rotatable bonds is 4. The van der Waals surface area contributed by atoms with E-state index in [0.29, 0.717) is 39.3 Å². The smallest absolute Gasteiger partial charge is 0.236 e. The van der Waals surface area contributed by atoms with Crippen LogP contribution in [0.4, 0.5) is 4.39 Å². The summed E-state index contributed by atoms with van der Waals surface area (Å²) in [7, 11) is 0. The molecule has 7 heteroatoms. The zero-order valence-electron chi connectivity index (χ0n) is 14.1. The second kappa shape index (κ2) is 7.91. The van der Waals surface area contributed by atoms with Gasteiger partial charge in [0.15, 0.2) is 0 Å². The molecule has 2 aliphatic heterocycles. The topological polar surface area (TPSA) is 70.8 Å². The van der Waals surface area contributed by atoms with Crippen molar-refractivity contribution in [3.63, 3.8) is 0 Å². The van der Waals surface area contributed by atoms with Crippen LogP contribution in [0.25, 0.3) is 0 Å². The minimum atomic E-state index is -0.424. The van der Waals surface area contributed by atoms with Gasteiger partial charge < -0.3 is 10.0 Å². The van der Waals surface area contributed by atoms with Gasteiger partial charge >= 0.3 is 0 Å². The predicted molar refractivity (Wildman–Crippen MR) is 90.0 cm³/mol. The second-order valence-corrected chi connectivity index (χ2v) is 6.68. The summed E-state index contributed by atoms with van der Waals surface area (Å²) >= 11 is 0. The molecule has 134 valence electrons. The number of β-amino-alcohol motifs (C(OH)–C–C–N with tert-alkyl or cyclic N) is 1. The number of carbonyl (C=O) groups excluding carboxylic acids is 1. The summed E-state index contributed by atoms with van der Waals surface area (Å²) in [4.78, 5) is 18.2. The van der Waals surface area contributed by atoms with Crippen LogP contribution in [0.2, 0.25) is 0 Å². The van der Waals surface area contributed by atoms with Gasteiger partial charge in [-0.05, 0) is 24.1 Å². The third kappa shape index (κ3) is 4.34. The van der Waals surface area contributed by atoms with E-state index in [1.165, 1.54) is 12.1 Å². The van der Waals surface area contributed by atoms with Crippen molar-refractivity contribution in [3.05, 3.63) is 35.6 Å². The summed E-state index contributed by atoms with van der Waals surface area (Å²) < 4.78 is 13.1. The number of likely N-dealkylation sites (tertiary alicyclic amines) is 1. The summed E-state index contributed by atoms with van der Waals surface area (Å²) in [6.45, 7) is 4.05. The second-order valence-electron chi connectivity index (χ2n) is 6.68. The van der Waals surface area contributed by atoms with E-state index >= 15 is 0 Å². The van der Waals surface area contributed by atoms with Crippen molar-refractivity contribution >= 4 is 5.91 Å². The number of nitrogens with zero attached hydrogens (tertiary/aromatic N) is 4. The Labute approximate surface area is 147 Å². The van der Waals surface area contributed by atoms with Crippen molar-refractivity contribution in [3.8, 4) is 6.07 Å². The van der Waals surface area contributed by atoms with Crippen LogP contribution < -0.4 is 0 Å². The number of benzene rings is 1. The van der Waals surface area contributed by atoms with Crippen LogP contribution in [-0.2, 0) is 4.79 Å². The van der Waals surface area contributed by atoms with Crippen molar-refractivity contribution < 1.29 is 14.3 Å². The van der Waals surface area contributed by atoms with Gasteiger partial charge in [-0.15, -0.1) is 0 Å². The molecule has 1 N–H and O–H groups in total. The lowest BCUT2D eigenvalue weighted by Gasteiger charge is -2.37. The van der Waals surface area contributed by atoms with Gasteiger partial charge in [0, 0.05) is 39.3 Å². The summed E-state index contributed by atoms with van der Waals surface area (Å²) in [5.74, 6) is -0.244. The fraction of sp³-hybridized carbons (Fsp3) is 0.556. The maximum absolute atomic E-state index is 13.1. The molecule has 2 aliphatic rings. The number of aliphatic hydroxyl groups is 1. The number of amides is 1. The summed E-state index contributed by atoms with van der Waals surface area (Å²) in [6, 6.07) is 7.86. The number of halogens is 1. The van der Waals surface area contributed by atoms with Gasteiger partial charge in [0.05, 0.1) is 18.7 Å². The monoisotopic (exact) mass is 346 g/mol. The van der Waals surface area contributed by atoms with Crippen LogP contribution in [0.15, 0.2) is 24.3 Å². The van der Waals surface area contributed by atoms with Gasteiger partial charge in [0.2, 0.25) is 5.91 Å². The van der Waals surface area contributed by atoms with E-state index in [1.807, 2.05) is 14.7 Å². The molecule has 0 radical (unpaired) electrons. The van der Waals surface area contributed by atoms with E-state index in [9.17, 15) is 19.6 Å². The van der Waals surface area contributed by atoms with Gasteiger partial charge in [0.1, 0.15) is 11.9 Å². The molecule has 0 bridgehead atoms. The molecule has 0 aromatic heterocycles. The summed E-state index contributed by atoms with van der Waals surface area (Å²) in [5.41, 5.74) is 0.773. The van der Waals surface area contributed by atoms with Gasteiger partial charge in [0.25, 0.3) is 0 Å². The Balaban J connectivity index is 1.53. The van der Waals surface area contributed by atoms with Crippen LogP contribution in [0.5, 0.6) is 0 Å². The zero-order chi connectivity index (χ0) is 17.8. The Hall–Kier alpha value is -2.01. The number of carbonyl (C=O) groups is 1. The van der Waals surface area contributed by atoms with E-state index in [2.05, 4.69) is 6.07 Å². The zero-order valence-corrected chi connectivity index (χ0v) is 14.1. The normalized spacial score (nSPS) is 23.4. The molecule has 0 spiro atoms. The average molecular weight is 346 g/mol. The van der Waals surface area contributed by atoms with Gasteiger partial charge in [-0.2, -0.15) is 5.26 Å². The summed E-state index contributed by atoms with van der Waals surface area (Å²) in [5, 5.41) is 19.0. The standard InChI is InChI=1S/C18H23FN4O2/c19-15-3-1-14(2-4-15)17(11-20)22-7-9-23(10-8-22)18(25)13-21-6-5-16(24)12-21/h1-4,16-17,24H,5-10,12-13H2. The SMILES string of the molecule is N#CC(c1ccc(F)cc1)N1CCN(C(=O)CN2CCC(O)C2)CC1. The van der Waals surface area contributed by atoms with Crippen molar-refractivity contribution in [2.75, 3.05) is 45.8 Å². The lowest BCUT2D eigenvalue weighted by atomic mass is 10.1. The number of nitriles is 1. The highest BCUT2D eigenvalue weighted by atomic mass is 19.1. The highest BCUT2D eigenvalue weighted by Gasteiger charge is 2.29. The Kier molecular flexibility index (Phi) is 5.63. The van der Waals surface area contributed by atoms with Crippen molar-refractivity contribution in [1.82, 2.24) is 14.7 Å². The molecular formula is C18H23FN4O2. The third-order valence-corrected chi connectivity index (χ3v) is 4.95. The van der Waals surface area contributed by atoms with Crippen LogP contribution >= 0.6 is 0 Å². The molecule has 2 unspecified atom stereocenters. The maximum Gasteiger partial charge on any atom is 0.236 e. The Morgan fingerprint density at radius 2 is 1.92 bits per heavy atom. The van der Waals surface area contributed by atoms with Gasteiger partial charge in [-0.1, -0.05) is 12.1 Å². The highest BCUT2D eigenvalue weighted by Crippen LogP contribution is 2.22. The van der Waals surface area contributed by atoms with Gasteiger partial charge in [-0.3, -0.25) is 14.6 Å². The fourth-order valence-electron chi connectivity index (χ4n) is 3.49. The molecule has 1 amide bonds. The minimum absolute atomic E-state index is 0.0732. The van der Waals surface area contributed by atoms with Crippen LogP contribution in [0.1, 0.15) is 18.0 Å². The third-order valence-electron chi connectivity index (χ3n) is 4.95. The van der Waals surface area contributed by atoms with E-state index in [4.69, 9.17) is 0 Å². The first-order valence-electron chi connectivity index (χ1n) is 8.64. The van der Waals surface area contributed by atoms with Crippen molar-refractivity contribution in [2.45, 2.75) is 18.6 Å². The number of aliphatic hydroxyl groups excluding tert-OH is 1. The van der Waals surface area contributed by atoms with E-state index in [-0.39, 0.29) is 17.8 Å². The van der Waals surface area contributed by atoms with Crippen LogP contribution in [0.3, 0.4) is 0 Å². The van der Waals surface area contributed by atoms with Crippen LogP contribution in [0, 0.1) is 17.1 Å². The number of hydrogen-bond donors (Lipinski definition) is 1. The van der Waals surface area contributed by atoms with Crippen molar-refractivity contribution in [2.24, 2.45) is 0 Å². The van der Waals surface area contributed by atoms with Crippen LogP contribution in [-0.4, -0.2) is 77.6 Å². The molecule has 2 heterocycles. The molecule has 0 saturated carbocycles. The molecule has 2 fully saturated rings. The first kappa shape index (κ1) is 17.8. The molecule has 1 aromatic rings. The minimum Gasteiger partial charge on any atom is -0.392 e. The summed E-state index contributed by atoms with van der Waals surface area (Å²) in [6.07, 6.45) is 0.402.